The third-order valence-corrected chi connectivity index (χ3v) is 6.37. The molecule has 0 fully saturated rings. The average molecular weight is 490 g/mol. The van der Waals surface area contributed by atoms with Gasteiger partial charge in [0.15, 0.2) is 11.0 Å². The Kier molecular flexibility index (Phi) is 7.07. The van der Waals surface area contributed by atoms with E-state index < -0.39 is 5.91 Å². The minimum absolute atomic E-state index is 0.0505. The number of nitrogens with one attached hydrogen (secondary N) is 1. The van der Waals surface area contributed by atoms with Crippen LogP contribution >= 0.6 is 11.8 Å². The van der Waals surface area contributed by atoms with Gasteiger partial charge in [-0.25, -0.2) is 0 Å². The van der Waals surface area contributed by atoms with Crippen molar-refractivity contribution in [1.82, 2.24) is 14.8 Å². The normalized spacial score (nSPS) is 11.4. The van der Waals surface area contributed by atoms with Crippen molar-refractivity contribution in [1.29, 1.82) is 0 Å². The van der Waals surface area contributed by atoms with Gasteiger partial charge in [-0.05, 0) is 47.4 Å². The molecule has 8 nitrogen and oxygen atoms in total. The van der Waals surface area contributed by atoms with Crippen LogP contribution in [0.15, 0.2) is 76.5 Å². The van der Waals surface area contributed by atoms with Crippen molar-refractivity contribution < 1.29 is 14.0 Å². The predicted octanol–water partition coefficient (Wildman–Crippen LogP) is 4.71. The number of nitrogens with zero attached hydrogens (tertiary/aromatic N) is 3. The van der Waals surface area contributed by atoms with Gasteiger partial charge in [-0.2, -0.15) is 0 Å². The Morgan fingerprint density at radius 2 is 1.74 bits per heavy atom. The fourth-order valence-corrected chi connectivity index (χ4v) is 4.21. The van der Waals surface area contributed by atoms with E-state index in [-0.39, 0.29) is 17.1 Å². The van der Waals surface area contributed by atoms with Gasteiger partial charge in [-0.15, -0.1) is 10.2 Å². The molecule has 3 N–H and O–H groups in total. The number of hydrogen-bond acceptors (Lipinski definition) is 6. The third kappa shape index (κ3) is 5.99. The molecule has 0 bridgehead atoms. The van der Waals surface area contributed by atoms with Gasteiger partial charge in [-0.1, -0.05) is 56.8 Å². The van der Waals surface area contributed by atoms with Crippen LogP contribution in [0.1, 0.15) is 42.5 Å². The molecule has 0 saturated carbocycles. The molecule has 180 valence electrons. The molecule has 9 heteroatoms. The maximum absolute atomic E-state index is 12.5. The molecule has 2 aromatic carbocycles. The zero-order valence-corrected chi connectivity index (χ0v) is 20.6. The molecule has 0 aliphatic heterocycles. The van der Waals surface area contributed by atoms with Crippen LogP contribution in [0.4, 0.5) is 5.69 Å². The molecule has 0 aliphatic rings. The molecule has 0 unspecified atom stereocenters. The number of aromatic nitrogens is 3. The third-order valence-electron chi connectivity index (χ3n) is 5.41. The molecule has 0 atom stereocenters. The minimum Gasteiger partial charge on any atom is -0.467 e. The van der Waals surface area contributed by atoms with Crippen molar-refractivity contribution in [2.24, 2.45) is 5.73 Å². The van der Waals surface area contributed by atoms with E-state index in [1.54, 1.807) is 30.5 Å². The summed E-state index contributed by atoms with van der Waals surface area (Å²) >= 11 is 1.29. The Morgan fingerprint density at radius 1 is 1.03 bits per heavy atom. The lowest BCUT2D eigenvalue weighted by Crippen LogP contribution is -2.15. The molecule has 0 saturated heterocycles. The highest BCUT2D eigenvalue weighted by Gasteiger charge is 2.19. The highest BCUT2D eigenvalue weighted by atomic mass is 32.2. The monoisotopic (exact) mass is 489 g/mol. The molecule has 0 aliphatic carbocycles. The molecule has 0 spiro atoms. The number of furan rings is 1. The molecule has 4 aromatic rings. The SMILES string of the molecule is CC(C)(C)c1ccc(-c2nnc(SCC(=O)Nc3ccc(C(N)=O)cc3)n2Cc2ccco2)cc1. The maximum atomic E-state index is 12.5. The van der Waals surface area contributed by atoms with Crippen LogP contribution in [0.25, 0.3) is 11.4 Å². The summed E-state index contributed by atoms with van der Waals surface area (Å²) in [5.41, 5.74) is 8.43. The fourth-order valence-electron chi connectivity index (χ4n) is 3.47. The van der Waals surface area contributed by atoms with E-state index in [9.17, 15) is 9.59 Å². The van der Waals surface area contributed by atoms with E-state index in [1.807, 2.05) is 28.8 Å². The molecule has 2 heterocycles. The zero-order valence-electron chi connectivity index (χ0n) is 19.8. The Morgan fingerprint density at radius 3 is 2.34 bits per heavy atom. The van der Waals surface area contributed by atoms with Crippen LogP contribution < -0.4 is 11.1 Å². The van der Waals surface area contributed by atoms with Gasteiger partial charge in [0.25, 0.3) is 0 Å². The molecule has 0 radical (unpaired) electrons. The maximum Gasteiger partial charge on any atom is 0.248 e. The number of benzene rings is 2. The van der Waals surface area contributed by atoms with Crippen molar-refractivity contribution >= 4 is 29.3 Å². The minimum atomic E-state index is -0.516. The highest BCUT2D eigenvalue weighted by Crippen LogP contribution is 2.28. The second kappa shape index (κ2) is 10.2. The predicted molar refractivity (Wildman–Crippen MR) is 136 cm³/mol. The smallest absolute Gasteiger partial charge is 0.248 e. The Hall–Kier alpha value is -3.85. The highest BCUT2D eigenvalue weighted by molar-refractivity contribution is 7.99. The number of carbonyl (C=O) groups is 2. The molecule has 4 rings (SSSR count). The second-order valence-electron chi connectivity index (χ2n) is 9.08. The van der Waals surface area contributed by atoms with Gasteiger partial charge in [0.05, 0.1) is 18.6 Å². The number of amides is 2. The number of hydrogen-bond donors (Lipinski definition) is 2. The summed E-state index contributed by atoms with van der Waals surface area (Å²) in [6, 6.07) is 18.4. The van der Waals surface area contributed by atoms with Crippen molar-refractivity contribution in [3.05, 3.63) is 83.8 Å². The van der Waals surface area contributed by atoms with Crippen LogP contribution in [0.3, 0.4) is 0 Å². The van der Waals surface area contributed by atoms with Crippen LogP contribution in [0.2, 0.25) is 0 Å². The van der Waals surface area contributed by atoms with Crippen molar-refractivity contribution in [3.63, 3.8) is 0 Å². The lowest BCUT2D eigenvalue weighted by molar-refractivity contribution is -0.113. The summed E-state index contributed by atoms with van der Waals surface area (Å²) < 4.78 is 7.50. The number of rotatable bonds is 8. The van der Waals surface area contributed by atoms with Gasteiger partial charge in [0, 0.05) is 16.8 Å². The summed E-state index contributed by atoms with van der Waals surface area (Å²) in [6.45, 7) is 6.96. The summed E-state index contributed by atoms with van der Waals surface area (Å²) in [5.74, 6) is 0.880. The number of primary amides is 1. The standard InChI is InChI=1S/C26H27N5O3S/c1-26(2,3)19-10-6-18(7-11-19)24-29-30-25(31(24)15-21-5-4-14-34-21)35-16-22(32)28-20-12-8-17(9-13-20)23(27)33/h4-14H,15-16H2,1-3H3,(H2,27,33)(H,28,32). The van der Waals surface area contributed by atoms with Crippen LogP contribution in [0.5, 0.6) is 0 Å². The van der Waals surface area contributed by atoms with E-state index in [0.717, 1.165) is 11.3 Å². The number of nitrogens with two attached hydrogens (primary N) is 1. The van der Waals surface area contributed by atoms with E-state index in [1.165, 1.54) is 17.3 Å². The average Bonchev–Trinajstić information content (AvgIpc) is 3.48. The van der Waals surface area contributed by atoms with Crippen LogP contribution in [-0.4, -0.2) is 32.3 Å². The summed E-state index contributed by atoms with van der Waals surface area (Å²) in [6.07, 6.45) is 1.63. The first-order chi connectivity index (χ1) is 16.7. The molecule has 35 heavy (non-hydrogen) atoms. The van der Waals surface area contributed by atoms with Crippen molar-refractivity contribution in [2.45, 2.75) is 37.9 Å². The lowest BCUT2D eigenvalue weighted by Gasteiger charge is -2.19. The Balaban J connectivity index is 1.51. The van der Waals surface area contributed by atoms with Crippen LogP contribution in [-0.2, 0) is 16.8 Å². The summed E-state index contributed by atoms with van der Waals surface area (Å²) in [4.78, 5) is 23.8. The molecular weight excluding hydrogens is 462 g/mol. The Bertz CT molecular complexity index is 1300. The molecular formula is C26H27N5O3S. The van der Waals surface area contributed by atoms with Crippen molar-refractivity contribution in [3.8, 4) is 11.4 Å². The van der Waals surface area contributed by atoms with Gasteiger partial charge in [0.1, 0.15) is 5.76 Å². The van der Waals surface area contributed by atoms with Gasteiger partial charge in [0.2, 0.25) is 11.8 Å². The van der Waals surface area contributed by atoms with E-state index in [2.05, 4.69) is 48.4 Å². The quantitative estimate of drug-likeness (QED) is 0.346. The first kappa shape index (κ1) is 24.3. The molecule has 2 aromatic heterocycles. The van der Waals surface area contributed by atoms with Gasteiger partial charge < -0.3 is 15.5 Å². The largest absolute Gasteiger partial charge is 0.467 e. The van der Waals surface area contributed by atoms with E-state index >= 15 is 0 Å². The van der Waals surface area contributed by atoms with E-state index in [4.69, 9.17) is 10.2 Å². The first-order valence-electron chi connectivity index (χ1n) is 11.1. The summed E-state index contributed by atoms with van der Waals surface area (Å²) in [7, 11) is 0. The Labute approximate surface area is 207 Å². The zero-order chi connectivity index (χ0) is 25.0. The van der Waals surface area contributed by atoms with Crippen LogP contribution in [0, 0.1) is 0 Å². The number of thioether (sulfide) groups is 1. The topological polar surface area (TPSA) is 116 Å². The second-order valence-corrected chi connectivity index (χ2v) is 10.0. The lowest BCUT2D eigenvalue weighted by atomic mass is 9.87. The number of carbonyl (C=O) groups excluding carboxylic acids is 2. The van der Waals surface area contributed by atoms with Gasteiger partial charge in [-0.3, -0.25) is 14.2 Å². The number of anilines is 1. The molecule has 2 amide bonds. The van der Waals surface area contributed by atoms with Gasteiger partial charge >= 0.3 is 0 Å². The van der Waals surface area contributed by atoms with E-state index in [0.29, 0.717) is 28.8 Å². The summed E-state index contributed by atoms with van der Waals surface area (Å²) in [5, 5.41) is 12.2. The van der Waals surface area contributed by atoms with Crippen molar-refractivity contribution in [2.75, 3.05) is 11.1 Å². The first-order valence-corrected chi connectivity index (χ1v) is 12.1. The fraction of sp³-hybridized carbons (Fsp3) is 0.231.